The average Bonchev–Trinajstić information content (AvgIpc) is 2.30. The molecule has 0 saturated heterocycles. The largest absolute Gasteiger partial charge is 0.240 e. The molecule has 0 radical (unpaired) electrons. The topological polar surface area (TPSA) is 3.88 Å². The fourth-order valence-corrected chi connectivity index (χ4v) is 1.79. The monoisotopic (exact) mass is 152 g/mol. The molecule has 0 aliphatic rings. The Kier molecular flexibility index (Phi) is 2.08. The number of hydrogen-bond acceptors (Lipinski definition) is 1. The molecule has 1 heterocycles. The maximum absolute atomic E-state index is 5.26. The number of nitrogens with zero attached hydrogens (tertiary/aromatic N) is 1. The Balaban J connectivity index is 3.16. The van der Waals surface area contributed by atoms with Crippen LogP contribution in [0.2, 0.25) is 0 Å². The van der Waals surface area contributed by atoms with Gasteiger partial charge in [0, 0.05) is 6.42 Å². The van der Waals surface area contributed by atoms with Crippen molar-refractivity contribution >= 4 is 11.3 Å². The van der Waals surface area contributed by atoms with Crippen molar-refractivity contribution in [2.45, 2.75) is 20.3 Å². The Morgan fingerprint density at radius 1 is 1.80 bits per heavy atom. The van der Waals surface area contributed by atoms with Crippen molar-refractivity contribution in [1.29, 1.82) is 0 Å². The van der Waals surface area contributed by atoms with E-state index in [0.29, 0.717) is 0 Å². The smallest absolute Gasteiger partial charge is 0.105 e. The SMILES string of the molecule is C#C[n+]1csc(C)c1CC. The lowest BCUT2D eigenvalue weighted by atomic mass is 10.3. The predicted molar refractivity (Wildman–Crippen MR) is 42.9 cm³/mol. The van der Waals surface area contributed by atoms with Crippen molar-refractivity contribution in [2.24, 2.45) is 0 Å². The summed E-state index contributed by atoms with van der Waals surface area (Å²) in [6.45, 7) is 4.21. The Morgan fingerprint density at radius 3 is 2.90 bits per heavy atom. The van der Waals surface area contributed by atoms with Crippen LogP contribution in [0.3, 0.4) is 0 Å². The summed E-state index contributed by atoms with van der Waals surface area (Å²) in [4.78, 5) is 1.32. The van der Waals surface area contributed by atoms with Gasteiger partial charge in [-0.05, 0) is 13.3 Å². The third-order valence-electron chi connectivity index (χ3n) is 1.51. The van der Waals surface area contributed by atoms with Gasteiger partial charge in [-0.1, -0.05) is 18.3 Å². The van der Waals surface area contributed by atoms with Gasteiger partial charge in [-0.15, -0.1) is 4.57 Å². The number of hydrogen-bond donors (Lipinski definition) is 0. The highest BCUT2D eigenvalue weighted by molar-refractivity contribution is 7.09. The summed E-state index contributed by atoms with van der Waals surface area (Å²) in [6.07, 6.45) is 6.27. The first-order chi connectivity index (χ1) is 4.79. The Hall–Kier alpha value is -0.810. The second kappa shape index (κ2) is 2.85. The molecule has 0 spiro atoms. The zero-order valence-corrected chi connectivity index (χ0v) is 7.03. The molecular weight excluding hydrogens is 142 g/mol. The number of thiazole rings is 1. The minimum atomic E-state index is 1.01. The molecule has 52 valence electrons. The van der Waals surface area contributed by atoms with E-state index in [1.54, 1.807) is 11.3 Å². The van der Waals surface area contributed by atoms with Crippen LogP contribution in [-0.2, 0) is 6.42 Å². The van der Waals surface area contributed by atoms with Gasteiger partial charge in [-0.3, -0.25) is 0 Å². The average molecular weight is 152 g/mol. The highest BCUT2D eigenvalue weighted by Gasteiger charge is 2.11. The molecule has 1 aromatic rings. The molecule has 0 amide bonds. The van der Waals surface area contributed by atoms with Gasteiger partial charge in [0.05, 0.1) is 4.88 Å². The normalized spacial score (nSPS) is 9.30. The summed E-state index contributed by atoms with van der Waals surface area (Å²) in [5.74, 6) is 0. The van der Waals surface area contributed by atoms with Gasteiger partial charge in [0.2, 0.25) is 17.2 Å². The number of aryl methyl sites for hydroxylation is 1. The Labute approximate surface area is 65.3 Å². The van der Waals surface area contributed by atoms with E-state index in [1.165, 1.54) is 10.6 Å². The van der Waals surface area contributed by atoms with Crippen LogP contribution in [0.15, 0.2) is 5.51 Å². The third-order valence-corrected chi connectivity index (χ3v) is 2.41. The molecule has 0 unspecified atom stereocenters. The van der Waals surface area contributed by atoms with Gasteiger partial charge < -0.3 is 0 Å². The molecule has 10 heavy (non-hydrogen) atoms. The lowest BCUT2D eigenvalue weighted by Crippen LogP contribution is -2.29. The molecule has 0 aliphatic carbocycles. The van der Waals surface area contributed by atoms with E-state index < -0.39 is 0 Å². The Bertz CT molecular complexity index is 267. The molecule has 0 aromatic carbocycles. The fraction of sp³-hybridized carbons (Fsp3) is 0.375. The van der Waals surface area contributed by atoms with Crippen molar-refractivity contribution in [2.75, 3.05) is 0 Å². The van der Waals surface area contributed by atoms with E-state index in [9.17, 15) is 0 Å². The van der Waals surface area contributed by atoms with Crippen molar-refractivity contribution in [3.8, 4) is 12.5 Å². The van der Waals surface area contributed by atoms with Crippen molar-refractivity contribution in [1.82, 2.24) is 0 Å². The molecule has 0 saturated carbocycles. The summed E-state index contributed by atoms with van der Waals surface area (Å²) in [7, 11) is 0. The van der Waals surface area contributed by atoms with E-state index in [2.05, 4.69) is 19.9 Å². The molecular formula is C8H10NS+. The molecule has 0 N–H and O–H groups in total. The Morgan fingerprint density at radius 2 is 2.50 bits per heavy atom. The van der Waals surface area contributed by atoms with Gasteiger partial charge in [0.1, 0.15) is 0 Å². The summed E-state index contributed by atoms with van der Waals surface area (Å²) in [5, 5.41) is 0. The van der Waals surface area contributed by atoms with Gasteiger partial charge in [-0.25, -0.2) is 0 Å². The van der Waals surface area contributed by atoms with Gasteiger partial charge in [0.15, 0.2) is 0 Å². The van der Waals surface area contributed by atoms with E-state index >= 15 is 0 Å². The van der Waals surface area contributed by atoms with E-state index in [1.807, 2.05) is 10.1 Å². The minimum Gasteiger partial charge on any atom is -0.105 e. The standard InChI is InChI=1S/C8H10NS/c1-4-8-7(3)10-6-9(8)5-2/h2,6H,4H2,1,3H3/q+1. The summed E-state index contributed by atoms with van der Waals surface area (Å²) >= 11 is 1.70. The minimum absolute atomic E-state index is 1.01. The molecule has 2 heteroatoms. The zero-order chi connectivity index (χ0) is 7.56. The molecule has 0 aliphatic heterocycles. The molecule has 1 aromatic heterocycles. The van der Waals surface area contributed by atoms with Crippen molar-refractivity contribution in [3.05, 3.63) is 16.1 Å². The molecule has 0 atom stereocenters. The van der Waals surface area contributed by atoms with Crippen LogP contribution in [0.4, 0.5) is 0 Å². The summed E-state index contributed by atoms with van der Waals surface area (Å²) < 4.78 is 1.85. The highest BCUT2D eigenvalue weighted by atomic mass is 32.1. The van der Waals surface area contributed by atoms with Crippen LogP contribution < -0.4 is 4.57 Å². The first-order valence-electron chi connectivity index (χ1n) is 3.24. The first kappa shape index (κ1) is 7.30. The molecule has 0 bridgehead atoms. The van der Waals surface area contributed by atoms with Gasteiger partial charge in [-0.2, -0.15) is 0 Å². The maximum atomic E-state index is 5.26. The van der Waals surface area contributed by atoms with Crippen LogP contribution in [0.25, 0.3) is 0 Å². The number of terminal acetylenes is 1. The second-order valence-corrected chi connectivity index (χ2v) is 3.14. The predicted octanol–water partition coefficient (Wildman–Crippen LogP) is 1.35. The third kappa shape index (κ3) is 1.05. The maximum Gasteiger partial charge on any atom is 0.240 e. The number of rotatable bonds is 1. The second-order valence-electron chi connectivity index (χ2n) is 2.08. The molecule has 0 fully saturated rings. The van der Waals surface area contributed by atoms with E-state index in [0.717, 1.165) is 6.42 Å². The zero-order valence-electron chi connectivity index (χ0n) is 6.22. The van der Waals surface area contributed by atoms with Gasteiger partial charge in [0.25, 0.3) is 0 Å². The fourth-order valence-electron chi connectivity index (χ4n) is 0.961. The molecule has 1 rings (SSSR count). The van der Waals surface area contributed by atoms with Crippen LogP contribution in [0.5, 0.6) is 0 Å². The van der Waals surface area contributed by atoms with Crippen LogP contribution >= 0.6 is 11.3 Å². The van der Waals surface area contributed by atoms with Crippen LogP contribution in [-0.4, -0.2) is 0 Å². The van der Waals surface area contributed by atoms with Gasteiger partial charge >= 0.3 is 0 Å². The van der Waals surface area contributed by atoms with E-state index in [4.69, 9.17) is 6.42 Å². The van der Waals surface area contributed by atoms with Crippen molar-refractivity contribution < 1.29 is 4.57 Å². The summed E-state index contributed by atoms with van der Waals surface area (Å²) in [5.41, 5.74) is 3.22. The summed E-state index contributed by atoms with van der Waals surface area (Å²) in [6, 6.07) is 2.59. The number of aromatic nitrogens is 1. The molecule has 1 nitrogen and oxygen atoms in total. The van der Waals surface area contributed by atoms with E-state index in [-0.39, 0.29) is 0 Å². The lowest BCUT2D eigenvalue weighted by Gasteiger charge is -1.84. The lowest BCUT2D eigenvalue weighted by molar-refractivity contribution is -0.586. The first-order valence-corrected chi connectivity index (χ1v) is 4.12. The van der Waals surface area contributed by atoms with Crippen LogP contribution in [0, 0.1) is 19.4 Å². The van der Waals surface area contributed by atoms with Crippen LogP contribution in [0.1, 0.15) is 17.5 Å². The quantitative estimate of drug-likeness (QED) is 0.422. The van der Waals surface area contributed by atoms with Crippen molar-refractivity contribution in [3.63, 3.8) is 0 Å². The highest BCUT2D eigenvalue weighted by Crippen LogP contribution is 2.08.